The van der Waals surface area contributed by atoms with Gasteiger partial charge in [0.1, 0.15) is 0 Å². The van der Waals surface area contributed by atoms with Gasteiger partial charge in [-0.25, -0.2) is 9.67 Å². The van der Waals surface area contributed by atoms with Crippen LogP contribution in [0.4, 0.5) is 0 Å². The van der Waals surface area contributed by atoms with E-state index in [1.807, 2.05) is 37.4 Å². The lowest BCUT2D eigenvalue weighted by Gasteiger charge is -2.41. The summed E-state index contributed by atoms with van der Waals surface area (Å²) in [7, 11) is 0. The molecule has 3 aromatic heterocycles. The number of carbonyl (C=O) groups excluding carboxylic acids is 1. The third-order valence-electron chi connectivity index (χ3n) is 8.23. The topological polar surface area (TPSA) is 96.9 Å². The Labute approximate surface area is 224 Å². The molecule has 0 amide bonds. The van der Waals surface area contributed by atoms with Crippen molar-refractivity contribution in [1.29, 1.82) is 5.26 Å². The molecule has 0 spiro atoms. The Morgan fingerprint density at radius 3 is 2.47 bits per heavy atom. The second-order valence-electron chi connectivity index (χ2n) is 10.9. The first-order chi connectivity index (χ1) is 18.4. The fourth-order valence-electron chi connectivity index (χ4n) is 5.70. The van der Waals surface area contributed by atoms with E-state index in [0.717, 1.165) is 74.5 Å². The van der Waals surface area contributed by atoms with Crippen LogP contribution in [0.25, 0.3) is 5.82 Å². The van der Waals surface area contributed by atoms with Gasteiger partial charge in [0.2, 0.25) is 0 Å². The Morgan fingerprint density at radius 2 is 1.87 bits per heavy atom. The molecule has 8 heteroatoms. The molecule has 0 bridgehead atoms. The van der Waals surface area contributed by atoms with Gasteiger partial charge in [-0.2, -0.15) is 10.4 Å². The van der Waals surface area contributed by atoms with E-state index in [9.17, 15) is 10.1 Å². The molecule has 0 atom stereocenters. The number of carbonyl (C=O) groups is 1. The maximum atomic E-state index is 13.1. The van der Waals surface area contributed by atoms with Gasteiger partial charge in [0.15, 0.2) is 11.6 Å². The van der Waals surface area contributed by atoms with Crippen molar-refractivity contribution in [1.82, 2.24) is 24.6 Å². The van der Waals surface area contributed by atoms with Crippen LogP contribution in [0.5, 0.6) is 0 Å². The molecular formula is C30H36N6O2. The first kappa shape index (κ1) is 26.2. The van der Waals surface area contributed by atoms with Crippen LogP contribution in [0.3, 0.4) is 0 Å². The summed E-state index contributed by atoms with van der Waals surface area (Å²) < 4.78 is 7.20. The van der Waals surface area contributed by atoms with E-state index in [2.05, 4.69) is 39.9 Å². The van der Waals surface area contributed by atoms with E-state index in [1.165, 1.54) is 0 Å². The maximum Gasteiger partial charge on any atom is 0.170 e. The highest BCUT2D eigenvalue weighted by Crippen LogP contribution is 2.39. The minimum atomic E-state index is -0.554. The lowest BCUT2D eigenvalue weighted by Crippen LogP contribution is -2.47. The number of nitrogens with zero attached hydrogens (tertiary/aromatic N) is 6. The number of ether oxygens (including phenoxy) is 1. The molecule has 5 rings (SSSR count). The average Bonchev–Trinajstić information content (AvgIpc) is 3.35. The van der Waals surface area contributed by atoms with Crippen molar-refractivity contribution in [3.63, 3.8) is 0 Å². The number of morpholine rings is 1. The monoisotopic (exact) mass is 512 g/mol. The predicted octanol–water partition coefficient (Wildman–Crippen LogP) is 4.56. The highest BCUT2D eigenvalue weighted by Gasteiger charge is 2.40. The van der Waals surface area contributed by atoms with Crippen LogP contribution < -0.4 is 0 Å². The largest absolute Gasteiger partial charge is 0.379 e. The first-order valence-electron chi connectivity index (χ1n) is 13.6. The molecule has 38 heavy (non-hydrogen) atoms. The summed E-state index contributed by atoms with van der Waals surface area (Å²) in [6, 6.07) is 11.0. The standard InChI is InChI=1S/C30H36N6O2/c1-21(2)24-5-7-29(33-18-24)36-22(3)26(19-34-36)27(37)16-23-4-6-28(32-17-23)30(20-31)10-8-25(9-11-30)35-12-14-38-15-13-35/h4-7,17-19,21,25H,8-16H2,1-3H3. The second-order valence-corrected chi connectivity index (χ2v) is 10.9. The molecule has 0 radical (unpaired) electrons. The molecule has 1 saturated carbocycles. The molecule has 8 nitrogen and oxygen atoms in total. The SMILES string of the molecule is Cc1c(C(=O)Cc2ccc(C3(C#N)CCC(N4CCOCC4)CC3)nc2)cnn1-c1ccc(C(C)C)cn1. The fraction of sp³-hybridized carbons (Fsp3) is 0.500. The van der Waals surface area contributed by atoms with Gasteiger partial charge in [0.25, 0.3) is 0 Å². The Kier molecular flexibility index (Phi) is 7.68. The van der Waals surface area contributed by atoms with E-state index in [1.54, 1.807) is 17.1 Å². The molecule has 3 aromatic rings. The zero-order valence-electron chi connectivity index (χ0n) is 22.6. The van der Waals surface area contributed by atoms with Crippen LogP contribution in [-0.4, -0.2) is 62.8 Å². The van der Waals surface area contributed by atoms with Gasteiger partial charge in [-0.15, -0.1) is 0 Å². The third kappa shape index (κ3) is 5.27. The first-order valence-corrected chi connectivity index (χ1v) is 13.6. The quantitative estimate of drug-likeness (QED) is 0.428. The number of ketones is 1. The van der Waals surface area contributed by atoms with Crippen LogP contribution in [0.2, 0.25) is 0 Å². The molecule has 4 heterocycles. The lowest BCUT2D eigenvalue weighted by atomic mass is 9.71. The van der Waals surface area contributed by atoms with Gasteiger partial charge in [-0.3, -0.25) is 14.7 Å². The van der Waals surface area contributed by atoms with Crippen molar-refractivity contribution >= 4 is 5.78 Å². The number of nitriles is 1. The number of aromatic nitrogens is 4. The molecule has 0 aromatic carbocycles. The van der Waals surface area contributed by atoms with Crippen molar-refractivity contribution < 1.29 is 9.53 Å². The Hall–Kier alpha value is -3.41. The van der Waals surface area contributed by atoms with E-state index < -0.39 is 5.41 Å². The number of hydrogen-bond acceptors (Lipinski definition) is 7. The highest BCUT2D eigenvalue weighted by molar-refractivity contribution is 5.98. The van der Waals surface area contributed by atoms with Crippen molar-refractivity contribution in [2.75, 3.05) is 26.3 Å². The van der Waals surface area contributed by atoms with E-state index in [4.69, 9.17) is 4.74 Å². The van der Waals surface area contributed by atoms with Crippen LogP contribution in [0.1, 0.15) is 78.3 Å². The molecule has 2 fully saturated rings. The second kappa shape index (κ2) is 11.1. The molecular weight excluding hydrogens is 476 g/mol. The number of pyridine rings is 2. The molecule has 1 saturated heterocycles. The molecule has 0 N–H and O–H groups in total. The normalized spacial score (nSPS) is 22.3. The van der Waals surface area contributed by atoms with Crippen molar-refractivity contribution in [3.8, 4) is 11.9 Å². The summed E-state index contributed by atoms with van der Waals surface area (Å²) in [6.07, 6.45) is 9.07. The zero-order valence-corrected chi connectivity index (χ0v) is 22.6. The average molecular weight is 513 g/mol. The smallest absolute Gasteiger partial charge is 0.170 e. The van der Waals surface area contributed by atoms with Crippen molar-refractivity contribution in [3.05, 3.63) is 70.9 Å². The Morgan fingerprint density at radius 1 is 1.11 bits per heavy atom. The number of hydrogen-bond donors (Lipinski definition) is 0. The third-order valence-corrected chi connectivity index (χ3v) is 8.23. The van der Waals surface area contributed by atoms with Gasteiger partial charge in [0, 0.05) is 37.9 Å². The van der Waals surface area contributed by atoms with Crippen LogP contribution in [-0.2, 0) is 16.6 Å². The molecule has 2 aliphatic rings. The zero-order chi connectivity index (χ0) is 26.7. The molecule has 1 aliphatic carbocycles. The summed E-state index contributed by atoms with van der Waals surface area (Å²) in [5, 5.41) is 14.6. The van der Waals surface area contributed by atoms with Crippen LogP contribution in [0, 0.1) is 18.3 Å². The van der Waals surface area contributed by atoms with E-state index in [0.29, 0.717) is 23.3 Å². The Bertz CT molecular complexity index is 1290. The van der Waals surface area contributed by atoms with Gasteiger partial charge < -0.3 is 4.74 Å². The molecule has 1 aliphatic heterocycles. The predicted molar refractivity (Wildman–Crippen MR) is 144 cm³/mol. The van der Waals surface area contributed by atoms with Gasteiger partial charge in [0.05, 0.1) is 47.8 Å². The van der Waals surface area contributed by atoms with Gasteiger partial charge in [-0.1, -0.05) is 26.0 Å². The van der Waals surface area contributed by atoms with E-state index in [-0.39, 0.29) is 12.2 Å². The minimum absolute atomic E-state index is 0.0110. The summed E-state index contributed by atoms with van der Waals surface area (Å²) in [4.78, 5) is 24.9. The number of Topliss-reactive ketones (excluding diaryl/α,β-unsaturated/α-hetero) is 1. The lowest BCUT2D eigenvalue weighted by molar-refractivity contribution is 0.00493. The van der Waals surface area contributed by atoms with E-state index >= 15 is 0 Å². The fourth-order valence-corrected chi connectivity index (χ4v) is 5.70. The number of rotatable bonds is 7. The summed E-state index contributed by atoms with van der Waals surface area (Å²) in [6.45, 7) is 9.70. The van der Waals surface area contributed by atoms with Gasteiger partial charge >= 0.3 is 0 Å². The minimum Gasteiger partial charge on any atom is -0.379 e. The summed E-state index contributed by atoms with van der Waals surface area (Å²) in [5.41, 5.74) is 3.61. The molecule has 0 unspecified atom stereocenters. The summed E-state index contributed by atoms with van der Waals surface area (Å²) >= 11 is 0. The summed E-state index contributed by atoms with van der Waals surface area (Å²) in [5.74, 6) is 1.09. The van der Waals surface area contributed by atoms with Crippen molar-refractivity contribution in [2.45, 2.75) is 70.3 Å². The van der Waals surface area contributed by atoms with Crippen LogP contribution >= 0.6 is 0 Å². The Balaban J connectivity index is 1.24. The highest BCUT2D eigenvalue weighted by atomic mass is 16.5. The van der Waals surface area contributed by atoms with Crippen LogP contribution in [0.15, 0.2) is 42.9 Å². The maximum absolute atomic E-state index is 13.1. The van der Waals surface area contributed by atoms with Crippen molar-refractivity contribution in [2.24, 2.45) is 0 Å². The molecule has 198 valence electrons. The van der Waals surface area contributed by atoms with Gasteiger partial charge in [-0.05, 0) is 61.8 Å².